The molecule has 3 atom stereocenters. The lowest BCUT2D eigenvalue weighted by Crippen LogP contribution is -2.60. The number of nitrogens with zero attached hydrogens (tertiary/aromatic N) is 3. The smallest absolute Gasteiger partial charge is 0.336 e. The minimum Gasteiger partial charge on any atom is -0.336 e. The van der Waals surface area contributed by atoms with Crippen LogP contribution in [0.3, 0.4) is 0 Å². The van der Waals surface area contributed by atoms with Crippen molar-refractivity contribution in [3.8, 4) is 6.07 Å². The van der Waals surface area contributed by atoms with Gasteiger partial charge in [0, 0.05) is 24.3 Å². The Morgan fingerprint density at radius 3 is 2.54 bits per heavy atom. The van der Waals surface area contributed by atoms with Crippen molar-refractivity contribution in [2.24, 2.45) is 5.41 Å². The molecule has 0 saturated heterocycles. The average molecular weight is 507 g/mol. The summed E-state index contributed by atoms with van der Waals surface area (Å²) >= 11 is 0. The first-order valence-electron chi connectivity index (χ1n) is 10.4. The number of likely N-dealkylation sites (N-methyl/N-ethyl adjacent to an activating group) is 1. The molecule has 1 N–H and O–H groups in total. The van der Waals surface area contributed by atoms with Gasteiger partial charge in [0.25, 0.3) is 5.91 Å². The zero-order valence-corrected chi connectivity index (χ0v) is 19.7. The Kier molecular flexibility index (Phi) is 5.59. The molecule has 1 aliphatic carbocycles. The molecule has 2 aliphatic heterocycles. The van der Waals surface area contributed by atoms with Gasteiger partial charge in [-0.2, -0.15) is 18.4 Å². The molecule has 1 aromatic carbocycles. The number of allylic oxidation sites excluding steroid dienone is 2. The largest absolute Gasteiger partial charge is 0.416 e. The van der Waals surface area contributed by atoms with Gasteiger partial charge >= 0.3 is 12.2 Å². The molecule has 2 heterocycles. The summed E-state index contributed by atoms with van der Waals surface area (Å²) in [5.74, 6) is -0.487. The first-order chi connectivity index (χ1) is 16.2. The van der Waals surface area contributed by atoms with Gasteiger partial charge < -0.3 is 10.2 Å². The fourth-order valence-electron chi connectivity index (χ4n) is 4.82. The summed E-state index contributed by atoms with van der Waals surface area (Å²) in [5.41, 5.74) is -2.03. The SMILES string of the molecule is CN1CC2=C(C1=O)[C@@H](C1(C)C=CC(C#N)=CC1S(C)(=O)=O)NC(=O)N2c1cccc(C(F)(F)F)c1. The second kappa shape index (κ2) is 7.98. The van der Waals surface area contributed by atoms with Crippen molar-refractivity contribution >= 4 is 27.5 Å². The maximum Gasteiger partial charge on any atom is 0.416 e. The van der Waals surface area contributed by atoms with Crippen LogP contribution in [0.2, 0.25) is 0 Å². The molecule has 0 fully saturated rings. The van der Waals surface area contributed by atoms with Crippen LogP contribution in [0, 0.1) is 16.7 Å². The van der Waals surface area contributed by atoms with Crippen molar-refractivity contribution < 1.29 is 31.2 Å². The molecule has 3 aliphatic rings. The monoisotopic (exact) mass is 506 g/mol. The van der Waals surface area contributed by atoms with E-state index in [9.17, 15) is 36.4 Å². The topological polar surface area (TPSA) is 111 Å². The maximum absolute atomic E-state index is 13.3. The number of hydrogen-bond donors (Lipinski definition) is 1. The van der Waals surface area contributed by atoms with Crippen LogP contribution in [0.5, 0.6) is 0 Å². The van der Waals surface area contributed by atoms with E-state index in [0.29, 0.717) is 0 Å². The lowest BCUT2D eigenvalue weighted by atomic mass is 9.71. The number of nitrogens with one attached hydrogen (secondary N) is 1. The number of sulfone groups is 1. The maximum atomic E-state index is 13.3. The summed E-state index contributed by atoms with van der Waals surface area (Å²) in [5, 5.41) is 10.7. The lowest BCUT2D eigenvalue weighted by molar-refractivity contribution is -0.137. The van der Waals surface area contributed by atoms with Crippen LogP contribution < -0.4 is 10.2 Å². The Balaban J connectivity index is 1.89. The first kappa shape index (κ1) is 24.5. The normalized spacial score (nSPS) is 26.9. The molecule has 8 nitrogen and oxygen atoms in total. The summed E-state index contributed by atoms with van der Waals surface area (Å²) in [6.45, 7) is 1.50. The molecule has 4 rings (SSSR count). The van der Waals surface area contributed by atoms with Gasteiger partial charge in [0.05, 0.1) is 46.4 Å². The molecule has 0 bridgehead atoms. The Labute approximate surface area is 199 Å². The molecule has 0 saturated carbocycles. The van der Waals surface area contributed by atoms with Crippen LogP contribution >= 0.6 is 0 Å². The molecular weight excluding hydrogens is 485 g/mol. The van der Waals surface area contributed by atoms with Crippen LogP contribution in [-0.4, -0.2) is 56.4 Å². The predicted octanol–water partition coefficient (Wildman–Crippen LogP) is 2.77. The highest BCUT2D eigenvalue weighted by Gasteiger charge is 2.54. The Bertz CT molecular complexity index is 1370. The summed E-state index contributed by atoms with van der Waals surface area (Å²) in [4.78, 5) is 28.8. The van der Waals surface area contributed by atoms with Gasteiger partial charge in [-0.3, -0.25) is 9.69 Å². The number of urea groups is 1. The fourth-order valence-corrected chi connectivity index (χ4v) is 6.35. The summed E-state index contributed by atoms with van der Waals surface area (Å²) in [6, 6.07) is 4.17. The van der Waals surface area contributed by atoms with Gasteiger partial charge in [-0.1, -0.05) is 19.1 Å². The van der Waals surface area contributed by atoms with E-state index in [1.165, 1.54) is 36.2 Å². The molecule has 3 amide bonds. The number of carbonyl (C=O) groups excluding carboxylic acids is 2. The van der Waals surface area contributed by atoms with E-state index in [2.05, 4.69) is 5.32 Å². The molecule has 1 aromatic rings. The summed E-state index contributed by atoms with van der Waals surface area (Å²) < 4.78 is 65.4. The van der Waals surface area contributed by atoms with Gasteiger partial charge in [0.1, 0.15) is 0 Å². The Morgan fingerprint density at radius 1 is 1.26 bits per heavy atom. The van der Waals surface area contributed by atoms with Gasteiger partial charge in [0.15, 0.2) is 9.84 Å². The number of hydrogen-bond acceptors (Lipinski definition) is 5. The summed E-state index contributed by atoms with van der Waals surface area (Å²) in [7, 11) is -2.33. The van der Waals surface area contributed by atoms with E-state index in [0.717, 1.165) is 29.4 Å². The van der Waals surface area contributed by atoms with Gasteiger partial charge in [-0.05, 0) is 30.4 Å². The minimum atomic E-state index is -4.64. The van der Waals surface area contributed by atoms with E-state index in [1.54, 1.807) is 6.92 Å². The number of amides is 3. The second-order valence-corrected chi connectivity index (χ2v) is 11.1. The molecule has 184 valence electrons. The van der Waals surface area contributed by atoms with Crippen LogP contribution in [0.4, 0.5) is 23.7 Å². The molecule has 35 heavy (non-hydrogen) atoms. The number of carbonyl (C=O) groups is 2. The molecule has 2 unspecified atom stereocenters. The average Bonchev–Trinajstić information content (AvgIpc) is 3.06. The molecule has 0 spiro atoms. The van der Waals surface area contributed by atoms with Crippen molar-refractivity contribution in [2.75, 3.05) is 24.7 Å². The van der Waals surface area contributed by atoms with Crippen LogP contribution in [0.25, 0.3) is 0 Å². The third-order valence-corrected chi connectivity index (χ3v) is 8.08. The third-order valence-electron chi connectivity index (χ3n) is 6.51. The minimum absolute atomic E-state index is 0.0586. The van der Waals surface area contributed by atoms with Crippen molar-refractivity contribution in [2.45, 2.75) is 24.4 Å². The van der Waals surface area contributed by atoms with Gasteiger partial charge in [-0.25, -0.2) is 13.2 Å². The summed E-state index contributed by atoms with van der Waals surface area (Å²) in [6.07, 6.45) is 0.551. The van der Waals surface area contributed by atoms with Crippen LogP contribution in [0.15, 0.2) is 59.3 Å². The number of rotatable bonds is 3. The molecule has 12 heteroatoms. The zero-order chi connectivity index (χ0) is 25.9. The van der Waals surface area contributed by atoms with E-state index in [-0.39, 0.29) is 29.1 Å². The second-order valence-electron chi connectivity index (χ2n) is 8.97. The van der Waals surface area contributed by atoms with E-state index in [1.807, 2.05) is 6.07 Å². The quantitative estimate of drug-likeness (QED) is 0.678. The van der Waals surface area contributed by atoms with Crippen molar-refractivity contribution in [1.29, 1.82) is 5.26 Å². The fraction of sp³-hybridized carbons (Fsp3) is 0.348. The number of nitriles is 1. The van der Waals surface area contributed by atoms with E-state index < -0.39 is 50.2 Å². The lowest BCUT2D eigenvalue weighted by Gasteiger charge is -2.45. The molecule has 0 radical (unpaired) electrons. The standard InChI is InChI=1S/C23H21F3N4O4S/c1-22(8-7-13(11-27)9-17(22)35(3,33)34)19-18-16(12-29(2)20(18)31)30(21(32)28-19)15-6-4-5-14(10-15)23(24,25)26/h4-10,17,19H,12H2,1-3H3,(H,28,32)/t17?,19-,22?/m0/s1. The van der Waals surface area contributed by atoms with Crippen molar-refractivity contribution in [3.05, 3.63) is 64.9 Å². The highest BCUT2D eigenvalue weighted by Crippen LogP contribution is 2.45. The van der Waals surface area contributed by atoms with E-state index >= 15 is 0 Å². The Morgan fingerprint density at radius 2 is 1.94 bits per heavy atom. The number of benzene rings is 1. The predicted molar refractivity (Wildman–Crippen MR) is 120 cm³/mol. The van der Waals surface area contributed by atoms with E-state index in [4.69, 9.17) is 0 Å². The number of anilines is 1. The first-order valence-corrected chi connectivity index (χ1v) is 12.4. The van der Waals surface area contributed by atoms with Gasteiger partial charge in [-0.15, -0.1) is 0 Å². The number of alkyl halides is 3. The van der Waals surface area contributed by atoms with Crippen molar-refractivity contribution in [1.82, 2.24) is 10.2 Å². The highest BCUT2D eigenvalue weighted by atomic mass is 32.2. The van der Waals surface area contributed by atoms with Crippen LogP contribution in [0.1, 0.15) is 12.5 Å². The molecule has 0 aromatic heterocycles. The third kappa shape index (κ3) is 3.99. The highest BCUT2D eigenvalue weighted by molar-refractivity contribution is 7.91. The zero-order valence-electron chi connectivity index (χ0n) is 18.9. The van der Waals surface area contributed by atoms with Crippen LogP contribution in [-0.2, 0) is 20.8 Å². The number of halogens is 3. The Hall–Kier alpha value is -3.59. The molecular formula is C23H21F3N4O4S. The van der Waals surface area contributed by atoms with Crippen molar-refractivity contribution in [3.63, 3.8) is 0 Å². The van der Waals surface area contributed by atoms with Gasteiger partial charge in [0.2, 0.25) is 0 Å².